The molecule has 0 fully saturated rings. The molecule has 0 spiro atoms. The van der Waals surface area contributed by atoms with E-state index in [0.717, 1.165) is 17.3 Å². The van der Waals surface area contributed by atoms with Crippen molar-refractivity contribution in [3.63, 3.8) is 0 Å². The fourth-order valence-corrected chi connectivity index (χ4v) is 1.57. The van der Waals surface area contributed by atoms with Crippen LogP contribution in [0.4, 0.5) is 0 Å². The van der Waals surface area contributed by atoms with Crippen LogP contribution < -0.4 is 4.57 Å². The van der Waals surface area contributed by atoms with Gasteiger partial charge in [-0.1, -0.05) is 24.8 Å². The molecule has 0 saturated carbocycles. The fourth-order valence-electron chi connectivity index (χ4n) is 1.57. The van der Waals surface area contributed by atoms with Gasteiger partial charge in [0.15, 0.2) is 11.0 Å². The number of aromatic nitrogens is 2. The number of para-hydroxylation sites is 2. The summed E-state index contributed by atoms with van der Waals surface area (Å²) in [6, 6.07) is 7.81. The molecule has 70 valence electrons. The van der Waals surface area contributed by atoms with E-state index in [0.29, 0.717) is 12.4 Å². The second-order valence-electron chi connectivity index (χ2n) is 3.04. The van der Waals surface area contributed by atoms with Gasteiger partial charge in [-0.05, 0) is 12.1 Å². The van der Waals surface area contributed by atoms with Gasteiger partial charge in [0, 0.05) is 0 Å². The molecule has 0 unspecified atom stereocenters. The third-order valence-corrected chi connectivity index (χ3v) is 2.17. The van der Waals surface area contributed by atoms with Crippen LogP contribution in [-0.2, 0) is 6.54 Å². The minimum Gasteiger partial charge on any atom is -0.289 e. The average molecular weight is 187 g/mol. The Balaban J connectivity index is 2.73. The Labute approximate surface area is 81.7 Å². The zero-order valence-electron chi connectivity index (χ0n) is 7.73. The number of H-pyrrole nitrogens is 1. The van der Waals surface area contributed by atoms with Gasteiger partial charge in [0.2, 0.25) is 6.29 Å². The maximum atomic E-state index is 10.8. The first-order valence-corrected chi connectivity index (χ1v) is 4.43. The van der Waals surface area contributed by atoms with Gasteiger partial charge in [0.1, 0.15) is 6.54 Å². The largest absolute Gasteiger partial charge is 0.321 e. The molecule has 1 heterocycles. The molecule has 0 bridgehead atoms. The number of carbonyl (C=O) groups excluding carboxylic acids is 1. The molecule has 3 heteroatoms. The van der Waals surface area contributed by atoms with E-state index in [2.05, 4.69) is 11.6 Å². The van der Waals surface area contributed by atoms with Gasteiger partial charge in [-0.25, -0.2) is 9.55 Å². The fraction of sp³-hybridized carbons (Fsp3) is 0.0909. The molecule has 0 saturated heterocycles. The molecule has 0 amide bonds. The molecule has 2 aromatic rings. The lowest BCUT2D eigenvalue weighted by molar-refractivity contribution is -0.662. The number of nitrogens with one attached hydrogen (secondary N) is 1. The Morgan fingerprint density at radius 3 is 2.93 bits per heavy atom. The van der Waals surface area contributed by atoms with E-state index in [4.69, 9.17) is 0 Å². The topological polar surface area (TPSA) is 36.7 Å². The van der Waals surface area contributed by atoms with Crippen LogP contribution in [0, 0.1) is 0 Å². The summed E-state index contributed by atoms with van der Waals surface area (Å²) in [5.74, 6) is 0.575. The lowest BCUT2D eigenvalue weighted by atomic mass is 10.3. The van der Waals surface area contributed by atoms with E-state index in [1.807, 2.05) is 28.8 Å². The Kier molecular flexibility index (Phi) is 2.14. The second-order valence-corrected chi connectivity index (χ2v) is 3.04. The summed E-state index contributed by atoms with van der Waals surface area (Å²) in [5.41, 5.74) is 1.99. The predicted molar refractivity (Wildman–Crippen MR) is 54.1 cm³/mol. The summed E-state index contributed by atoms with van der Waals surface area (Å²) in [6.07, 6.45) is 2.59. The number of carbonyl (C=O) groups is 1. The van der Waals surface area contributed by atoms with E-state index in [1.54, 1.807) is 6.08 Å². The van der Waals surface area contributed by atoms with Crippen LogP contribution in [0.3, 0.4) is 0 Å². The van der Waals surface area contributed by atoms with Gasteiger partial charge < -0.3 is 0 Å². The molecular formula is C11H11N2O+. The number of hydrogen-bond acceptors (Lipinski definition) is 1. The summed E-state index contributed by atoms with van der Waals surface area (Å²) >= 11 is 0. The first-order valence-electron chi connectivity index (χ1n) is 4.43. The molecule has 14 heavy (non-hydrogen) atoms. The maximum Gasteiger partial charge on any atom is 0.321 e. The minimum atomic E-state index is 0.575. The van der Waals surface area contributed by atoms with Gasteiger partial charge in [-0.15, -0.1) is 0 Å². The summed E-state index contributed by atoms with van der Waals surface area (Å²) < 4.78 is 1.90. The lowest BCUT2D eigenvalue weighted by Gasteiger charge is -1.91. The zero-order valence-corrected chi connectivity index (χ0v) is 7.73. The zero-order chi connectivity index (χ0) is 9.97. The number of benzene rings is 1. The summed E-state index contributed by atoms with van der Waals surface area (Å²) in [6.45, 7) is 4.30. The van der Waals surface area contributed by atoms with E-state index < -0.39 is 0 Å². The van der Waals surface area contributed by atoms with Crippen molar-refractivity contribution in [3.8, 4) is 0 Å². The van der Waals surface area contributed by atoms with Crippen LogP contribution in [-0.4, -0.2) is 11.3 Å². The van der Waals surface area contributed by atoms with Crippen molar-refractivity contribution in [1.82, 2.24) is 4.98 Å². The molecule has 0 aliphatic carbocycles. The third-order valence-electron chi connectivity index (χ3n) is 2.17. The quantitative estimate of drug-likeness (QED) is 0.441. The first kappa shape index (κ1) is 8.69. The minimum absolute atomic E-state index is 0.575. The molecule has 3 nitrogen and oxygen atoms in total. The highest BCUT2D eigenvalue weighted by molar-refractivity contribution is 5.77. The molecule has 1 aromatic carbocycles. The van der Waals surface area contributed by atoms with Crippen molar-refractivity contribution in [1.29, 1.82) is 0 Å². The number of rotatable bonds is 3. The lowest BCUT2D eigenvalue weighted by Crippen LogP contribution is -2.35. The highest BCUT2D eigenvalue weighted by Gasteiger charge is 2.15. The molecule has 2 rings (SSSR count). The third kappa shape index (κ3) is 1.23. The van der Waals surface area contributed by atoms with E-state index >= 15 is 0 Å². The van der Waals surface area contributed by atoms with Gasteiger partial charge in [-0.2, -0.15) is 0 Å². The Morgan fingerprint density at radius 1 is 1.43 bits per heavy atom. The van der Waals surface area contributed by atoms with Gasteiger partial charge >= 0.3 is 5.82 Å². The summed E-state index contributed by atoms with van der Waals surface area (Å²) in [4.78, 5) is 13.8. The van der Waals surface area contributed by atoms with Crippen LogP contribution in [0.15, 0.2) is 36.9 Å². The highest BCUT2D eigenvalue weighted by Crippen LogP contribution is 2.07. The van der Waals surface area contributed by atoms with E-state index in [-0.39, 0.29) is 0 Å². The first-order chi connectivity index (χ1) is 6.86. The number of aldehydes is 1. The number of imidazole rings is 1. The molecule has 0 aliphatic rings. The molecule has 1 aromatic heterocycles. The molecule has 0 aliphatic heterocycles. The molecule has 1 N–H and O–H groups in total. The number of allylic oxidation sites excluding steroid dienone is 1. The Morgan fingerprint density at radius 2 is 2.21 bits per heavy atom. The number of hydrogen-bond donors (Lipinski definition) is 1. The molecule has 0 radical (unpaired) electrons. The Hall–Kier alpha value is -1.90. The normalized spacial score (nSPS) is 10.3. The van der Waals surface area contributed by atoms with Crippen LogP contribution in [0.2, 0.25) is 0 Å². The maximum absolute atomic E-state index is 10.8. The van der Waals surface area contributed by atoms with Crippen molar-refractivity contribution in [2.75, 3.05) is 0 Å². The van der Waals surface area contributed by atoms with Crippen molar-refractivity contribution in [2.24, 2.45) is 0 Å². The number of aromatic amines is 1. The van der Waals surface area contributed by atoms with Crippen LogP contribution in [0.1, 0.15) is 10.6 Å². The number of fused-ring (bicyclic) bond motifs is 1. The summed E-state index contributed by atoms with van der Waals surface area (Å²) in [7, 11) is 0. The average Bonchev–Trinajstić information content (AvgIpc) is 2.58. The predicted octanol–water partition coefficient (Wildman–Crippen LogP) is 1.45. The van der Waals surface area contributed by atoms with Crippen LogP contribution in [0.25, 0.3) is 11.0 Å². The van der Waals surface area contributed by atoms with Crippen molar-refractivity contribution < 1.29 is 9.36 Å². The van der Waals surface area contributed by atoms with Crippen LogP contribution >= 0.6 is 0 Å². The van der Waals surface area contributed by atoms with E-state index in [1.165, 1.54) is 0 Å². The van der Waals surface area contributed by atoms with Crippen molar-refractivity contribution in [2.45, 2.75) is 6.54 Å². The van der Waals surface area contributed by atoms with Crippen LogP contribution in [0.5, 0.6) is 0 Å². The van der Waals surface area contributed by atoms with Gasteiger partial charge in [-0.3, -0.25) is 4.79 Å². The SMILES string of the molecule is C=CC[n+]1c(C=O)[nH]c2ccccc21. The molecule has 0 atom stereocenters. The summed E-state index contributed by atoms with van der Waals surface area (Å²) in [5, 5.41) is 0. The highest BCUT2D eigenvalue weighted by atomic mass is 16.1. The van der Waals surface area contributed by atoms with Crippen molar-refractivity contribution in [3.05, 3.63) is 42.7 Å². The smallest absolute Gasteiger partial charge is 0.289 e. The Bertz CT molecular complexity index is 485. The molecular weight excluding hydrogens is 176 g/mol. The second kappa shape index (κ2) is 3.46. The van der Waals surface area contributed by atoms with Gasteiger partial charge in [0.25, 0.3) is 0 Å². The monoisotopic (exact) mass is 187 g/mol. The van der Waals surface area contributed by atoms with E-state index in [9.17, 15) is 4.79 Å². The number of nitrogens with zero attached hydrogens (tertiary/aromatic N) is 1. The van der Waals surface area contributed by atoms with Gasteiger partial charge in [0.05, 0.1) is 0 Å². The van der Waals surface area contributed by atoms with Crippen molar-refractivity contribution >= 4 is 17.3 Å². The standard InChI is InChI=1S/C11H10N2O/c1-2-7-13-10-6-4-3-5-9(10)12-11(13)8-14/h2-6,8H,1,7H2/p+1.